The van der Waals surface area contributed by atoms with E-state index in [-0.39, 0.29) is 12.4 Å². The minimum Gasteiger partial charge on any atom is -0.487 e. The molecular weight excluding hydrogens is 542 g/mol. The van der Waals surface area contributed by atoms with Gasteiger partial charge in [0, 0.05) is 32.8 Å². The highest BCUT2D eigenvalue weighted by Gasteiger charge is 2.43. The summed E-state index contributed by atoms with van der Waals surface area (Å²) in [5.41, 5.74) is 5.44. The van der Waals surface area contributed by atoms with Crippen LogP contribution in [0, 0.1) is 0 Å². The first kappa shape index (κ1) is 24.3. The number of fused-ring (bicyclic) bond motifs is 2. The van der Waals surface area contributed by atoms with Gasteiger partial charge in [-0.2, -0.15) is 0 Å². The van der Waals surface area contributed by atoms with Crippen LogP contribution in [0.2, 0.25) is 5.02 Å². The number of rotatable bonds is 6. The number of ketones is 1. The highest BCUT2D eigenvalue weighted by Crippen LogP contribution is 2.47. The van der Waals surface area contributed by atoms with E-state index < -0.39 is 11.9 Å². The number of Topliss-reactive ketones (excluding diaryl/α,β-unsaturated/α-hetero) is 1. The quantitative estimate of drug-likeness (QED) is 0.333. The summed E-state index contributed by atoms with van der Waals surface area (Å²) in [6.45, 7) is 4.17. The summed E-state index contributed by atoms with van der Waals surface area (Å²) in [5, 5.41) is 3.70. The van der Waals surface area contributed by atoms with Gasteiger partial charge in [-0.05, 0) is 49.2 Å². The van der Waals surface area contributed by atoms with Crippen LogP contribution in [0.4, 0.5) is 0 Å². The SMILES string of the molecule is CCOC(=O)C1=C(C)NC2=C(C(=O)c3ccccc32)[C@H]1c1ccc(OCc2ccc(Br)cc2)c(Cl)c1. The lowest BCUT2D eigenvalue weighted by molar-refractivity contribution is -0.138. The Balaban J connectivity index is 1.53. The molecule has 0 aromatic heterocycles. The Bertz CT molecular complexity index is 1440. The molecular formula is C29H23BrClNO4. The molecule has 3 aromatic carbocycles. The maximum atomic E-state index is 13.5. The zero-order valence-corrected chi connectivity index (χ0v) is 22.1. The maximum Gasteiger partial charge on any atom is 0.336 e. The van der Waals surface area contributed by atoms with E-state index in [0.29, 0.717) is 45.3 Å². The fourth-order valence-electron chi connectivity index (χ4n) is 4.70. The van der Waals surface area contributed by atoms with E-state index in [9.17, 15) is 9.59 Å². The molecule has 0 fully saturated rings. The Morgan fingerprint density at radius 2 is 1.78 bits per heavy atom. The zero-order valence-electron chi connectivity index (χ0n) is 19.7. The Morgan fingerprint density at radius 3 is 2.47 bits per heavy atom. The summed E-state index contributed by atoms with van der Waals surface area (Å²) in [7, 11) is 0. The molecule has 182 valence electrons. The fraction of sp³-hybridized carbons (Fsp3) is 0.172. The molecule has 1 aliphatic heterocycles. The van der Waals surface area contributed by atoms with Gasteiger partial charge in [0.05, 0.1) is 22.9 Å². The van der Waals surface area contributed by atoms with E-state index in [1.807, 2.05) is 55.5 Å². The molecule has 0 saturated carbocycles. The predicted octanol–water partition coefficient (Wildman–Crippen LogP) is 6.81. The van der Waals surface area contributed by atoms with Crippen molar-refractivity contribution >= 4 is 45.0 Å². The normalized spacial score (nSPS) is 16.4. The van der Waals surface area contributed by atoms with Crippen molar-refractivity contribution in [1.82, 2.24) is 5.32 Å². The van der Waals surface area contributed by atoms with Gasteiger partial charge in [-0.1, -0.05) is 70.0 Å². The number of nitrogens with one attached hydrogen (secondary N) is 1. The van der Waals surface area contributed by atoms with Crippen LogP contribution in [-0.2, 0) is 16.1 Å². The third-order valence-electron chi connectivity index (χ3n) is 6.34. The van der Waals surface area contributed by atoms with Crippen molar-refractivity contribution in [2.45, 2.75) is 26.4 Å². The van der Waals surface area contributed by atoms with Crippen molar-refractivity contribution in [1.29, 1.82) is 0 Å². The molecule has 1 N–H and O–H groups in total. The van der Waals surface area contributed by atoms with Gasteiger partial charge < -0.3 is 14.8 Å². The first-order valence-electron chi connectivity index (χ1n) is 11.6. The molecule has 36 heavy (non-hydrogen) atoms. The Hall–Kier alpha value is -3.35. The van der Waals surface area contributed by atoms with Gasteiger partial charge in [-0.3, -0.25) is 4.79 Å². The lowest BCUT2D eigenvalue weighted by Gasteiger charge is -2.29. The van der Waals surface area contributed by atoms with Crippen LogP contribution in [0.15, 0.2) is 88.0 Å². The summed E-state index contributed by atoms with van der Waals surface area (Å²) < 4.78 is 12.3. The first-order valence-corrected chi connectivity index (χ1v) is 12.8. The van der Waals surface area contributed by atoms with Crippen LogP contribution < -0.4 is 10.1 Å². The lowest BCUT2D eigenvalue weighted by Crippen LogP contribution is -2.29. The second-order valence-electron chi connectivity index (χ2n) is 8.59. The molecule has 0 bridgehead atoms. The number of benzene rings is 3. The summed E-state index contributed by atoms with van der Waals surface area (Å²) in [6, 6.07) is 20.7. The van der Waals surface area contributed by atoms with E-state index >= 15 is 0 Å². The van der Waals surface area contributed by atoms with E-state index in [4.69, 9.17) is 21.1 Å². The molecule has 1 atom stereocenters. The van der Waals surface area contributed by atoms with Gasteiger partial charge in [0.25, 0.3) is 0 Å². The molecule has 0 saturated heterocycles. The molecule has 1 heterocycles. The number of hydrogen-bond acceptors (Lipinski definition) is 5. The standard InChI is InChI=1S/C29H23BrClNO4/c1-3-35-29(34)24-16(2)32-27-20-6-4-5-7-21(20)28(33)26(27)25(24)18-10-13-23(22(31)14-18)36-15-17-8-11-19(30)12-9-17/h4-14,25,32H,3,15H2,1-2H3/t25-/m0/s1. The van der Waals surface area contributed by atoms with Crippen LogP contribution >= 0.6 is 27.5 Å². The highest BCUT2D eigenvalue weighted by molar-refractivity contribution is 9.10. The Morgan fingerprint density at radius 1 is 1.06 bits per heavy atom. The average Bonchev–Trinajstić information content (AvgIpc) is 3.15. The topological polar surface area (TPSA) is 64.6 Å². The van der Waals surface area contributed by atoms with E-state index in [1.165, 1.54) is 0 Å². The Labute approximate surface area is 222 Å². The predicted molar refractivity (Wildman–Crippen MR) is 143 cm³/mol. The average molecular weight is 565 g/mol. The highest BCUT2D eigenvalue weighted by atomic mass is 79.9. The van der Waals surface area contributed by atoms with Gasteiger partial charge in [-0.25, -0.2) is 4.79 Å². The number of ether oxygens (including phenoxy) is 2. The van der Waals surface area contributed by atoms with Crippen LogP contribution in [-0.4, -0.2) is 18.4 Å². The van der Waals surface area contributed by atoms with Crippen LogP contribution in [0.5, 0.6) is 5.75 Å². The number of carbonyl (C=O) groups is 2. The number of allylic oxidation sites excluding steroid dienone is 2. The van der Waals surface area contributed by atoms with Gasteiger partial charge in [0.1, 0.15) is 12.4 Å². The van der Waals surface area contributed by atoms with Crippen LogP contribution in [0.1, 0.15) is 46.8 Å². The van der Waals surface area contributed by atoms with E-state index in [1.54, 1.807) is 25.1 Å². The maximum absolute atomic E-state index is 13.5. The molecule has 2 aliphatic rings. The molecule has 1 aliphatic carbocycles. The molecule has 5 nitrogen and oxygen atoms in total. The third-order valence-corrected chi connectivity index (χ3v) is 7.17. The largest absolute Gasteiger partial charge is 0.487 e. The van der Waals surface area contributed by atoms with Gasteiger partial charge in [0.2, 0.25) is 0 Å². The smallest absolute Gasteiger partial charge is 0.336 e. The van der Waals surface area contributed by atoms with Crippen LogP contribution in [0.25, 0.3) is 5.70 Å². The number of carbonyl (C=O) groups excluding carboxylic acids is 2. The third kappa shape index (κ3) is 4.36. The van der Waals surface area contributed by atoms with Gasteiger partial charge >= 0.3 is 5.97 Å². The zero-order chi connectivity index (χ0) is 25.4. The van der Waals surface area contributed by atoms with E-state index in [2.05, 4.69) is 21.2 Å². The number of esters is 1. The van der Waals surface area contributed by atoms with Gasteiger partial charge in [0.15, 0.2) is 5.78 Å². The van der Waals surface area contributed by atoms with Crippen molar-refractivity contribution < 1.29 is 19.1 Å². The fourth-order valence-corrected chi connectivity index (χ4v) is 5.21. The molecule has 7 heteroatoms. The number of halogens is 2. The summed E-state index contributed by atoms with van der Waals surface area (Å²) >= 11 is 10.1. The summed E-state index contributed by atoms with van der Waals surface area (Å²) in [6.07, 6.45) is 0. The second-order valence-corrected chi connectivity index (χ2v) is 9.91. The molecule has 0 unspecified atom stereocenters. The van der Waals surface area contributed by atoms with Crippen molar-refractivity contribution in [2.24, 2.45) is 0 Å². The van der Waals surface area contributed by atoms with Crippen molar-refractivity contribution in [2.75, 3.05) is 6.61 Å². The monoisotopic (exact) mass is 563 g/mol. The minimum absolute atomic E-state index is 0.112. The minimum atomic E-state index is -0.627. The van der Waals surface area contributed by atoms with Crippen molar-refractivity contribution in [3.05, 3.63) is 115 Å². The van der Waals surface area contributed by atoms with Crippen molar-refractivity contribution in [3.63, 3.8) is 0 Å². The van der Waals surface area contributed by atoms with Crippen molar-refractivity contribution in [3.8, 4) is 5.75 Å². The molecule has 0 amide bonds. The molecule has 5 rings (SSSR count). The second kappa shape index (κ2) is 9.96. The molecule has 0 spiro atoms. The summed E-state index contributed by atoms with van der Waals surface area (Å²) in [5.74, 6) is -0.683. The first-order chi connectivity index (χ1) is 17.4. The Kier molecular flexibility index (Phi) is 6.73. The summed E-state index contributed by atoms with van der Waals surface area (Å²) in [4.78, 5) is 26.6. The van der Waals surface area contributed by atoms with E-state index in [0.717, 1.165) is 21.3 Å². The number of hydrogen-bond donors (Lipinski definition) is 1. The molecule has 3 aromatic rings. The number of dihydropyridines is 1. The molecule has 0 radical (unpaired) electrons. The lowest BCUT2D eigenvalue weighted by atomic mass is 9.80. The van der Waals surface area contributed by atoms with Gasteiger partial charge in [-0.15, -0.1) is 0 Å². The van der Waals surface area contributed by atoms with Crippen LogP contribution in [0.3, 0.4) is 0 Å².